The number of hydrogen-bond acceptors (Lipinski definition) is 3. The molecule has 1 heterocycles. The van der Waals surface area contributed by atoms with Gasteiger partial charge < -0.3 is 9.88 Å². The first-order chi connectivity index (χ1) is 15.1. The highest BCUT2D eigenvalue weighted by molar-refractivity contribution is 6.31. The number of fused-ring (bicyclic) bond motifs is 1. The van der Waals surface area contributed by atoms with E-state index in [0.29, 0.717) is 28.9 Å². The van der Waals surface area contributed by atoms with Crippen molar-refractivity contribution in [3.8, 4) is 0 Å². The largest absolute Gasteiger partial charge is 0.417 e. The van der Waals surface area contributed by atoms with Gasteiger partial charge in [-0.1, -0.05) is 36.2 Å². The van der Waals surface area contributed by atoms with E-state index >= 15 is 0 Å². The topological polar surface area (TPSA) is 66.1 Å². The van der Waals surface area contributed by atoms with Crippen LogP contribution < -0.4 is 5.56 Å². The third-order valence-electron chi connectivity index (χ3n) is 4.58. The van der Waals surface area contributed by atoms with Gasteiger partial charge >= 0.3 is 6.18 Å². The molecule has 0 aliphatic carbocycles. The van der Waals surface area contributed by atoms with Crippen molar-refractivity contribution in [2.24, 2.45) is 0 Å². The van der Waals surface area contributed by atoms with Gasteiger partial charge in [0.05, 0.1) is 28.0 Å². The molecule has 1 amide bonds. The first-order valence-corrected chi connectivity index (χ1v) is 10.4. The summed E-state index contributed by atoms with van der Waals surface area (Å²) in [6.45, 7) is 2.24. The maximum absolute atomic E-state index is 13.0. The number of rotatable bonds is 6. The maximum atomic E-state index is 13.0. The van der Waals surface area contributed by atoms with Crippen molar-refractivity contribution in [1.29, 1.82) is 0 Å². The zero-order valence-electron chi connectivity index (χ0n) is 16.8. The van der Waals surface area contributed by atoms with Crippen molar-refractivity contribution >= 4 is 46.1 Å². The Bertz CT molecular complexity index is 1240. The highest BCUT2D eigenvalue weighted by Crippen LogP contribution is 2.35. The molecule has 0 saturated carbocycles. The SMILES string of the molecule is CCCN(Cc1nc2cc(Cl)ccc2c(=O)[nH]1)C(=O)/C=C/c1ccc(Cl)c(C(F)(F)F)c1. The van der Waals surface area contributed by atoms with Gasteiger partial charge in [-0.05, 0) is 48.4 Å². The van der Waals surface area contributed by atoms with E-state index in [2.05, 4.69) is 9.97 Å². The Morgan fingerprint density at radius 1 is 1.19 bits per heavy atom. The number of amides is 1. The average Bonchev–Trinajstić information content (AvgIpc) is 2.71. The Kier molecular flexibility index (Phi) is 7.26. The Morgan fingerprint density at radius 2 is 1.94 bits per heavy atom. The molecule has 0 saturated heterocycles. The number of nitrogens with zero attached hydrogens (tertiary/aromatic N) is 2. The summed E-state index contributed by atoms with van der Waals surface area (Å²) in [7, 11) is 0. The van der Waals surface area contributed by atoms with Crippen LogP contribution in [-0.4, -0.2) is 27.3 Å². The van der Waals surface area contributed by atoms with Crippen molar-refractivity contribution in [3.63, 3.8) is 0 Å². The number of carbonyl (C=O) groups excluding carboxylic acids is 1. The van der Waals surface area contributed by atoms with Crippen LogP contribution in [0.4, 0.5) is 13.2 Å². The van der Waals surface area contributed by atoms with Crippen LogP contribution in [0.5, 0.6) is 0 Å². The first kappa shape index (κ1) is 23.8. The van der Waals surface area contributed by atoms with Crippen molar-refractivity contribution in [2.75, 3.05) is 6.54 Å². The number of benzene rings is 2. The highest BCUT2D eigenvalue weighted by atomic mass is 35.5. The number of carbonyl (C=O) groups is 1. The average molecular weight is 484 g/mol. The molecule has 32 heavy (non-hydrogen) atoms. The Balaban J connectivity index is 1.84. The molecule has 0 aliphatic heterocycles. The van der Waals surface area contributed by atoms with Crippen LogP contribution in [-0.2, 0) is 17.5 Å². The third-order valence-corrected chi connectivity index (χ3v) is 5.14. The quantitative estimate of drug-likeness (QED) is 0.457. The molecule has 2 aromatic carbocycles. The molecular formula is C22H18Cl2F3N3O2. The molecule has 0 atom stereocenters. The molecule has 5 nitrogen and oxygen atoms in total. The number of alkyl halides is 3. The number of H-pyrrole nitrogens is 1. The number of aromatic nitrogens is 2. The van der Waals surface area contributed by atoms with E-state index in [9.17, 15) is 22.8 Å². The van der Waals surface area contributed by atoms with E-state index in [1.807, 2.05) is 6.92 Å². The lowest BCUT2D eigenvalue weighted by atomic mass is 10.1. The van der Waals surface area contributed by atoms with Crippen LogP contribution in [0.3, 0.4) is 0 Å². The van der Waals surface area contributed by atoms with Crippen molar-refractivity contribution in [1.82, 2.24) is 14.9 Å². The van der Waals surface area contributed by atoms with Gasteiger partial charge in [-0.15, -0.1) is 0 Å². The smallest absolute Gasteiger partial charge is 0.332 e. The molecule has 1 aromatic heterocycles. The Labute approximate surface area is 191 Å². The molecule has 1 N–H and O–H groups in total. The fourth-order valence-electron chi connectivity index (χ4n) is 3.09. The summed E-state index contributed by atoms with van der Waals surface area (Å²) in [5, 5.41) is 0.377. The van der Waals surface area contributed by atoms with E-state index in [4.69, 9.17) is 23.2 Å². The van der Waals surface area contributed by atoms with Crippen LogP contribution in [0.25, 0.3) is 17.0 Å². The van der Waals surface area contributed by atoms with E-state index < -0.39 is 22.7 Å². The molecule has 0 fully saturated rings. The minimum absolute atomic E-state index is 0.0170. The second-order valence-corrected chi connectivity index (χ2v) is 7.85. The number of aromatic amines is 1. The fraction of sp³-hybridized carbons (Fsp3) is 0.227. The fourth-order valence-corrected chi connectivity index (χ4v) is 3.48. The molecule has 0 spiro atoms. The van der Waals surface area contributed by atoms with Gasteiger partial charge in [0.15, 0.2) is 0 Å². The van der Waals surface area contributed by atoms with Gasteiger partial charge in [-0.2, -0.15) is 13.2 Å². The highest BCUT2D eigenvalue weighted by Gasteiger charge is 2.33. The normalized spacial score (nSPS) is 11.9. The van der Waals surface area contributed by atoms with Crippen molar-refractivity contribution in [2.45, 2.75) is 26.1 Å². The van der Waals surface area contributed by atoms with Gasteiger partial charge in [-0.25, -0.2) is 4.98 Å². The molecule has 3 aromatic rings. The lowest BCUT2D eigenvalue weighted by Gasteiger charge is -2.20. The second kappa shape index (κ2) is 9.75. The van der Waals surface area contributed by atoms with Crippen molar-refractivity contribution < 1.29 is 18.0 Å². The van der Waals surface area contributed by atoms with Gasteiger partial charge in [0.2, 0.25) is 5.91 Å². The standard InChI is InChI=1S/C22H18Cl2F3N3O2/c1-2-9-30(12-19-28-18-11-14(23)5-6-15(18)21(32)29-19)20(31)8-4-13-3-7-17(24)16(10-13)22(25,26)27/h3-8,10-11H,2,9,12H2,1H3,(H,28,29,32)/b8-4+. The summed E-state index contributed by atoms with van der Waals surface area (Å²) in [6.07, 6.45) is -1.51. The third kappa shape index (κ3) is 5.69. The summed E-state index contributed by atoms with van der Waals surface area (Å²) in [5.41, 5.74) is -0.757. The Morgan fingerprint density at radius 3 is 2.62 bits per heavy atom. The van der Waals surface area contributed by atoms with Crippen LogP contribution >= 0.6 is 23.2 Å². The molecule has 0 aliphatic rings. The van der Waals surface area contributed by atoms with Crippen LogP contribution in [0.2, 0.25) is 10.0 Å². The summed E-state index contributed by atoms with van der Waals surface area (Å²) in [6, 6.07) is 8.10. The molecule has 168 valence electrons. The van der Waals surface area contributed by atoms with Gasteiger partial charge in [-0.3, -0.25) is 9.59 Å². The zero-order valence-corrected chi connectivity index (χ0v) is 18.4. The molecule has 10 heteroatoms. The van der Waals surface area contributed by atoms with Crippen molar-refractivity contribution in [3.05, 3.63) is 79.8 Å². The minimum Gasteiger partial charge on any atom is -0.332 e. The molecule has 0 radical (unpaired) electrons. The van der Waals surface area contributed by atoms with E-state index in [0.717, 1.165) is 12.1 Å². The number of nitrogens with one attached hydrogen (secondary N) is 1. The Hall–Kier alpha value is -2.84. The minimum atomic E-state index is -4.60. The summed E-state index contributed by atoms with van der Waals surface area (Å²) in [5.74, 6) is -0.171. The number of hydrogen-bond donors (Lipinski definition) is 1. The predicted octanol–water partition coefficient (Wildman–Crippen LogP) is 5.70. The molecule has 3 rings (SSSR count). The maximum Gasteiger partial charge on any atom is 0.417 e. The van der Waals surface area contributed by atoms with Gasteiger partial charge in [0.1, 0.15) is 5.82 Å². The van der Waals surface area contributed by atoms with E-state index in [1.54, 1.807) is 18.2 Å². The van der Waals surface area contributed by atoms with Crippen LogP contribution in [0.1, 0.15) is 30.3 Å². The van der Waals surface area contributed by atoms with Gasteiger partial charge in [0, 0.05) is 17.6 Å². The zero-order chi connectivity index (χ0) is 23.5. The lowest BCUT2D eigenvalue weighted by molar-refractivity contribution is -0.137. The monoisotopic (exact) mass is 483 g/mol. The van der Waals surface area contributed by atoms with E-state index in [-0.39, 0.29) is 23.5 Å². The summed E-state index contributed by atoms with van der Waals surface area (Å²) < 4.78 is 39.1. The summed E-state index contributed by atoms with van der Waals surface area (Å²) in [4.78, 5) is 33.5. The lowest BCUT2D eigenvalue weighted by Crippen LogP contribution is -2.31. The number of halogens is 5. The van der Waals surface area contributed by atoms with Crippen LogP contribution in [0.15, 0.2) is 47.3 Å². The van der Waals surface area contributed by atoms with Gasteiger partial charge in [0.25, 0.3) is 5.56 Å². The van der Waals surface area contributed by atoms with Crippen LogP contribution in [0, 0.1) is 0 Å². The summed E-state index contributed by atoms with van der Waals surface area (Å²) >= 11 is 11.6. The molecular weight excluding hydrogens is 466 g/mol. The first-order valence-electron chi connectivity index (χ1n) is 9.60. The molecule has 0 bridgehead atoms. The molecule has 0 unspecified atom stereocenters. The predicted molar refractivity (Wildman–Crippen MR) is 119 cm³/mol. The van der Waals surface area contributed by atoms with E-state index in [1.165, 1.54) is 23.1 Å². The second-order valence-electron chi connectivity index (χ2n) is 7.00.